The smallest absolute Gasteiger partial charge is 0.236 e. The number of aliphatic hydroxyl groups is 2. The largest absolute Gasteiger partial charge is 0.496 e. The van der Waals surface area contributed by atoms with Gasteiger partial charge in [-0.2, -0.15) is 5.26 Å². The summed E-state index contributed by atoms with van der Waals surface area (Å²) >= 11 is 1.27. The Morgan fingerprint density at radius 2 is 1.95 bits per heavy atom. The van der Waals surface area contributed by atoms with E-state index >= 15 is 0 Å². The van der Waals surface area contributed by atoms with Gasteiger partial charge in [0.15, 0.2) is 0 Å². The van der Waals surface area contributed by atoms with Crippen LogP contribution in [0.25, 0.3) is 27.4 Å². The highest BCUT2D eigenvalue weighted by molar-refractivity contribution is 7.98. The molecule has 39 heavy (non-hydrogen) atoms. The minimum atomic E-state index is -0.998. The molecule has 0 saturated heterocycles. The van der Waals surface area contributed by atoms with Crippen molar-refractivity contribution in [3.8, 4) is 40.1 Å². The Hall–Kier alpha value is -4.55. The summed E-state index contributed by atoms with van der Waals surface area (Å²) in [5.74, 6) is 2.50. The second-order valence-corrected chi connectivity index (χ2v) is 9.27. The number of thioether (sulfide) groups is 1. The molecule has 2 heterocycles. The number of nitrogens with two attached hydrogens (primary N) is 1. The average molecular weight is 544 g/mol. The number of nitriles is 1. The Kier molecular flexibility index (Phi) is 8.69. The summed E-state index contributed by atoms with van der Waals surface area (Å²) in [6.07, 6.45) is -0.998. The van der Waals surface area contributed by atoms with Crippen LogP contribution in [0.1, 0.15) is 17.0 Å². The molecule has 0 unspecified atom stereocenters. The number of benzene rings is 2. The lowest BCUT2D eigenvalue weighted by Crippen LogP contribution is -2.21. The van der Waals surface area contributed by atoms with Crippen molar-refractivity contribution in [2.75, 3.05) is 26.1 Å². The van der Waals surface area contributed by atoms with Gasteiger partial charge in [-0.15, -0.1) is 0 Å². The third-order valence-electron chi connectivity index (χ3n) is 5.76. The van der Waals surface area contributed by atoms with E-state index in [1.165, 1.54) is 11.8 Å². The molecule has 11 heteroatoms. The van der Waals surface area contributed by atoms with E-state index in [4.69, 9.17) is 31.3 Å². The molecule has 0 radical (unpaired) electrons. The zero-order valence-corrected chi connectivity index (χ0v) is 22.0. The summed E-state index contributed by atoms with van der Waals surface area (Å²) < 4.78 is 16.8. The van der Waals surface area contributed by atoms with Gasteiger partial charge in [0, 0.05) is 11.3 Å². The maximum absolute atomic E-state index is 10.1. The second-order valence-electron chi connectivity index (χ2n) is 8.31. The molecule has 0 fully saturated rings. The van der Waals surface area contributed by atoms with E-state index in [1.807, 2.05) is 31.2 Å². The maximum Gasteiger partial charge on any atom is 0.236 e. The maximum atomic E-state index is 10.1. The monoisotopic (exact) mass is 543 g/mol. The summed E-state index contributed by atoms with van der Waals surface area (Å²) in [6, 6.07) is 16.3. The van der Waals surface area contributed by atoms with Crippen LogP contribution in [-0.4, -0.2) is 46.6 Å². The molecular formula is C28H25N5O5S. The lowest BCUT2D eigenvalue weighted by Gasteiger charge is -2.14. The average Bonchev–Trinajstić information content (AvgIpc) is 3.34. The molecule has 4 N–H and O–H groups in total. The highest BCUT2D eigenvalue weighted by Crippen LogP contribution is 2.42. The zero-order valence-electron chi connectivity index (χ0n) is 21.2. The van der Waals surface area contributed by atoms with Gasteiger partial charge >= 0.3 is 0 Å². The Labute approximate surface area is 229 Å². The van der Waals surface area contributed by atoms with E-state index in [1.54, 1.807) is 31.4 Å². The molecule has 0 amide bonds. The number of pyridine rings is 1. The minimum absolute atomic E-state index is 0.0134. The molecule has 0 aliphatic carbocycles. The molecule has 2 aromatic heterocycles. The lowest BCUT2D eigenvalue weighted by atomic mass is 10.00. The standard InChI is InChI=1S/C28H25N5O5S/c1-16-22(32-27(38-16)20-6-4-5-7-23(20)36-3)15-39-28-21(12-29)24(25(31-2)26(30)33-28)17-8-10-19(11-9-17)37-14-18(35)13-34/h4-11,18,34-35H,13-15H2,1,3H3,(H2,30,33)/t18-/m1/s1. The molecule has 1 atom stereocenters. The summed E-state index contributed by atoms with van der Waals surface area (Å²) in [6.45, 7) is 8.98. The Balaban J connectivity index is 1.64. The van der Waals surface area contributed by atoms with Gasteiger partial charge in [0.1, 0.15) is 46.9 Å². The molecule has 2 aromatic carbocycles. The van der Waals surface area contributed by atoms with Crippen LogP contribution in [0.2, 0.25) is 0 Å². The van der Waals surface area contributed by atoms with Crippen LogP contribution >= 0.6 is 11.8 Å². The van der Waals surface area contributed by atoms with Crippen molar-refractivity contribution >= 4 is 23.3 Å². The number of ether oxygens (including phenoxy) is 2. The number of para-hydroxylation sites is 1. The number of aryl methyl sites for hydroxylation is 1. The number of hydrogen-bond acceptors (Lipinski definition) is 10. The van der Waals surface area contributed by atoms with Gasteiger partial charge in [-0.05, 0) is 36.8 Å². The van der Waals surface area contributed by atoms with E-state index < -0.39 is 12.7 Å². The number of aliphatic hydroxyl groups excluding tert-OH is 2. The van der Waals surface area contributed by atoms with Crippen LogP contribution in [-0.2, 0) is 5.75 Å². The second kappa shape index (κ2) is 12.3. The van der Waals surface area contributed by atoms with Gasteiger partial charge in [0.25, 0.3) is 0 Å². The minimum Gasteiger partial charge on any atom is -0.496 e. The number of anilines is 1. The van der Waals surface area contributed by atoms with Crippen LogP contribution in [0.3, 0.4) is 0 Å². The zero-order chi connectivity index (χ0) is 27.9. The third-order valence-corrected chi connectivity index (χ3v) is 6.75. The first-order valence-corrected chi connectivity index (χ1v) is 12.7. The molecule has 4 rings (SSSR count). The Morgan fingerprint density at radius 3 is 2.62 bits per heavy atom. The van der Waals surface area contributed by atoms with Gasteiger partial charge in [-0.3, -0.25) is 0 Å². The van der Waals surface area contributed by atoms with E-state index in [0.29, 0.717) is 50.7 Å². The van der Waals surface area contributed by atoms with Crippen molar-refractivity contribution in [1.29, 1.82) is 5.26 Å². The van der Waals surface area contributed by atoms with Gasteiger partial charge in [-0.25, -0.2) is 14.8 Å². The van der Waals surface area contributed by atoms with E-state index in [-0.39, 0.29) is 23.7 Å². The fourth-order valence-electron chi connectivity index (χ4n) is 3.77. The molecule has 0 bridgehead atoms. The first-order chi connectivity index (χ1) is 18.9. The van der Waals surface area contributed by atoms with Crippen molar-refractivity contribution in [3.05, 3.63) is 77.0 Å². The van der Waals surface area contributed by atoms with Crippen molar-refractivity contribution in [3.63, 3.8) is 0 Å². The summed E-state index contributed by atoms with van der Waals surface area (Å²) in [7, 11) is 1.58. The molecule has 198 valence electrons. The SMILES string of the molecule is [C-]#[N+]c1c(N)nc(SCc2nc(-c3ccccc3OC)oc2C)c(C#N)c1-c1ccc(OC[C@H](O)CO)cc1. The predicted molar refractivity (Wildman–Crippen MR) is 146 cm³/mol. The summed E-state index contributed by atoms with van der Waals surface area (Å²) in [5.41, 5.74) is 8.81. The molecule has 10 nitrogen and oxygen atoms in total. The Morgan fingerprint density at radius 1 is 1.21 bits per heavy atom. The van der Waals surface area contributed by atoms with Gasteiger partial charge in [0.2, 0.25) is 11.6 Å². The first kappa shape index (κ1) is 27.5. The third kappa shape index (κ3) is 5.97. The molecule has 0 spiro atoms. The number of aromatic nitrogens is 2. The topological polar surface area (TPSA) is 152 Å². The van der Waals surface area contributed by atoms with Crippen LogP contribution in [0.4, 0.5) is 11.5 Å². The van der Waals surface area contributed by atoms with E-state index in [0.717, 1.165) is 5.56 Å². The van der Waals surface area contributed by atoms with Gasteiger partial charge in [0.05, 0.1) is 37.1 Å². The van der Waals surface area contributed by atoms with Crippen LogP contribution < -0.4 is 15.2 Å². The Bertz CT molecular complexity index is 1560. The fraction of sp³-hybridized carbons (Fsp3) is 0.214. The van der Waals surface area contributed by atoms with Crippen molar-refractivity contribution in [2.45, 2.75) is 23.8 Å². The quantitative estimate of drug-likeness (QED) is 0.189. The number of methoxy groups -OCH3 is 1. The summed E-state index contributed by atoms with van der Waals surface area (Å²) in [5, 5.41) is 28.9. The number of hydrogen-bond donors (Lipinski definition) is 3. The molecule has 0 aliphatic heterocycles. The molecule has 0 aliphatic rings. The van der Waals surface area contributed by atoms with Gasteiger partial charge in [-0.1, -0.05) is 36.0 Å². The summed E-state index contributed by atoms with van der Waals surface area (Å²) in [4.78, 5) is 12.5. The van der Waals surface area contributed by atoms with Crippen molar-refractivity contribution in [1.82, 2.24) is 9.97 Å². The van der Waals surface area contributed by atoms with Crippen molar-refractivity contribution < 1.29 is 24.1 Å². The van der Waals surface area contributed by atoms with Crippen LogP contribution in [0, 0.1) is 24.8 Å². The van der Waals surface area contributed by atoms with Crippen molar-refractivity contribution in [2.24, 2.45) is 0 Å². The van der Waals surface area contributed by atoms with E-state index in [2.05, 4.69) is 20.9 Å². The lowest BCUT2D eigenvalue weighted by molar-refractivity contribution is 0.0536. The van der Waals surface area contributed by atoms with E-state index in [9.17, 15) is 10.4 Å². The first-order valence-electron chi connectivity index (χ1n) is 11.8. The molecule has 4 aromatic rings. The molecule has 0 saturated carbocycles. The van der Waals surface area contributed by atoms with Crippen LogP contribution in [0.5, 0.6) is 11.5 Å². The number of oxazole rings is 1. The molecular weight excluding hydrogens is 518 g/mol. The highest BCUT2D eigenvalue weighted by atomic mass is 32.2. The fourth-order valence-corrected chi connectivity index (χ4v) is 4.77. The number of nitrogens with zero attached hydrogens (tertiary/aromatic N) is 4. The predicted octanol–water partition coefficient (Wildman–Crippen LogP) is 4.75. The number of nitrogen functional groups attached to an aromatic ring is 1. The number of rotatable bonds is 10. The van der Waals surface area contributed by atoms with Gasteiger partial charge < -0.3 is 29.8 Å². The van der Waals surface area contributed by atoms with Crippen LogP contribution in [0.15, 0.2) is 58.0 Å². The normalized spacial score (nSPS) is 11.4. The highest BCUT2D eigenvalue weighted by Gasteiger charge is 2.22.